The Morgan fingerprint density at radius 2 is 1.42 bits per heavy atom. The van der Waals surface area contributed by atoms with Crippen molar-refractivity contribution >= 4 is 5.97 Å². The third-order valence-electron chi connectivity index (χ3n) is 3.13. The average Bonchev–Trinajstić information content (AvgIpc) is 2.56. The van der Waals surface area contributed by atoms with Gasteiger partial charge >= 0.3 is 5.97 Å². The van der Waals surface area contributed by atoms with Crippen LogP contribution in [0.4, 0.5) is 0 Å². The lowest BCUT2D eigenvalue weighted by Crippen LogP contribution is -2.31. The van der Waals surface area contributed by atoms with Gasteiger partial charge < -0.3 is 26.0 Å². The van der Waals surface area contributed by atoms with E-state index in [0.29, 0.717) is 13.1 Å². The van der Waals surface area contributed by atoms with Crippen LogP contribution >= 0.6 is 0 Å². The number of esters is 1. The van der Waals surface area contributed by atoms with Crippen LogP contribution in [0.15, 0.2) is 48.5 Å². The van der Waals surface area contributed by atoms with E-state index in [1.807, 2.05) is 20.8 Å². The summed E-state index contributed by atoms with van der Waals surface area (Å²) in [5.41, 5.74) is 6.91. The molecule has 142 valence electrons. The molecule has 0 aliphatic rings. The number of benzene rings is 2. The molecule has 6 nitrogen and oxygen atoms in total. The van der Waals surface area contributed by atoms with Crippen LogP contribution in [0.3, 0.4) is 0 Å². The van der Waals surface area contributed by atoms with Gasteiger partial charge in [-0.2, -0.15) is 0 Å². The molecule has 0 radical (unpaired) electrons. The topological polar surface area (TPSA) is 105 Å². The zero-order chi connectivity index (χ0) is 19.6. The summed E-state index contributed by atoms with van der Waals surface area (Å²) in [7, 11) is 0. The molecule has 0 aliphatic heterocycles. The van der Waals surface area contributed by atoms with Crippen LogP contribution in [0.1, 0.15) is 31.9 Å². The molecule has 2 rings (SSSR count). The summed E-state index contributed by atoms with van der Waals surface area (Å²) in [4.78, 5) is 11.4. The fraction of sp³-hybridized carbons (Fsp3) is 0.350. The van der Waals surface area contributed by atoms with Gasteiger partial charge in [0.05, 0.1) is 6.54 Å². The Morgan fingerprint density at radius 3 is 1.85 bits per heavy atom. The molecule has 0 heterocycles. The maximum Gasteiger partial charge on any atom is 0.320 e. The van der Waals surface area contributed by atoms with Crippen LogP contribution in [-0.4, -0.2) is 28.3 Å². The van der Waals surface area contributed by atoms with E-state index in [-0.39, 0.29) is 24.0 Å². The molecule has 2 aromatic rings. The molecule has 26 heavy (non-hydrogen) atoms. The summed E-state index contributed by atoms with van der Waals surface area (Å²) in [5.74, 6) is 0.254. The number of carbonyl (C=O) groups is 1. The molecule has 0 bridgehead atoms. The molecule has 2 aromatic carbocycles. The van der Waals surface area contributed by atoms with Crippen LogP contribution in [0.2, 0.25) is 0 Å². The zero-order valence-electron chi connectivity index (χ0n) is 15.5. The van der Waals surface area contributed by atoms with Crippen molar-refractivity contribution in [3.05, 3.63) is 59.7 Å². The number of carbonyl (C=O) groups excluding carboxylic acids is 1. The van der Waals surface area contributed by atoms with Crippen LogP contribution < -0.4 is 11.1 Å². The summed E-state index contributed by atoms with van der Waals surface area (Å²) in [6, 6.07) is 13.7. The number of hydrogen-bond acceptors (Lipinski definition) is 6. The Bertz CT molecular complexity index is 662. The lowest BCUT2D eigenvalue weighted by Gasteiger charge is -2.19. The number of ether oxygens (including phenoxy) is 1. The molecular formula is C20H28N2O4. The smallest absolute Gasteiger partial charge is 0.320 e. The molecule has 0 fully saturated rings. The number of rotatable bonds is 5. The van der Waals surface area contributed by atoms with Crippen LogP contribution in [0.25, 0.3) is 0 Å². The number of phenolic OH excluding ortho intramolecular Hbond substituents is 2. The number of aromatic hydroxyl groups is 2. The van der Waals surface area contributed by atoms with Crippen molar-refractivity contribution in [2.24, 2.45) is 5.73 Å². The molecule has 0 spiro atoms. The Labute approximate surface area is 154 Å². The van der Waals surface area contributed by atoms with E-state index in [1.165, 1.54) is 0 Å². The van der Waals surface area contributed by atoms with Crippen LogP contribution in [0.5, 0.6) is 11.5 Å². The normalized spacial score (nSPS) is 10.6. The van der Waals surface area contributed by atoms with Crippen molar-refractivity contribution in [2.75, 3.05) is 6.54 Å². The van der Waals surface area contributed by atoms with E-state index in [1.54, 1.807) is 48.5 Å². The van der Waals surface area contributed by atoms with Gasteiger partial charge in [0.25, 0.3) is 0 Å². The lowest BCUT2D eigenvalue weighted by molar-refractivity contribution is -0.153. The number of nitrogens with one attached hydrogen (secondary N) is 1. The monoisotopic (exact) mass is 360 g/mol. The average molecular weight is 360 g/mol. The molecule has 0 amide bonds. The van der Waals surface area contributed by atoms with Gasteiger partial charge in [0.15, 0.2) is 0 Å². The van der Waals surface area contributed by atoms with Gasteiger partial charge in [0.1, 0.15) is 17.1 Å². The lowest BCUT2D eigenvalue weighted by atomic mass is 10.2. The summed E-state index contributed by atoms with van der Waals surface area (Å²) in [6.07, 6.45) is 0. The Morgan fingerprint density at radius 1 is 0.962 bits per heavy atom. The third-order valence-corrected chi connectivity index (χ3v) is 3.13. The van der Waals surface area contributed by atoms with E-state index in [2.05, 4.69) is 5.32 Å². The molecular weight excluding hydrogens is 332 g/mol. The maximum absolute atomic E-state index is 11.4. The second-order valence-electron chi connectivity index (χ2n) is 6.73. The first-order chi connectivity index (χ1) is 12.2. The van der Waals surface area contributed by atoms with Crippen molar-refractivity contribution in [1.82, 2.24) is 5.32 Å². The van der Waals surface area contributed by atoms with E-state index in [4.69, 9.17) is 20.7 Å². The first kappa shape index (κ1) is 21.5. The molecule has 0 saturated carbocycles. The molecule has 0 saturated heterocycles. The van der Waals surface area contributed by atoms with Crippen LogP contribution in [-0.2, 0) is 22.6 Å². The highest BCUT2D eigenvalue weighted by molar-refractivity contribution is 5.72. The predicted octanol–water partition coefficient (Wildman–Crippen LogP) is 2.67. The SMILES string of the molecule is CC(C)(C)OC(=O)CNCc1ccc(O)cc1.NCc1ccc(O)cc1. The predicted molar refractivity (Wildman–Crippen MR) is 102 cm³/mol. The second kappa shape index (κ2) is 10.4. The van der Waals surface area contributed by atoms with E-state index < -0.39 is 5.60 Å². The minimum Gasteiger partial charge on any atom is -0.508 e. The quantitative estimate of drug-likeness (QED) is 0.611. The Kier molecular flexibility index (Phi) is 8.61. The standard InChI is InChI=1S/C13H19NO3.C7H9NO/c1-13(2,3)17-12(16)9-14-8-10-4-6-11(15)7-5-10;8-5-6-1-3-7(9)4-2-6/h4-7,14-15H,8-9H2,1-3H3;1-4,9H,5,8H2. The van der Waals surface area contributed by atoms with Gasteiger partial charge in [0.2, 0.25) is 0 Å². The second-order valence-corrected chi connectivity index (χ2v) is 6.73. The molecule has 6 heteroatoms. The molecule has 5 N–H and O–H groups in total. The zero-order valence-corrected chi connectivity index (χ0v) is 15.5. The van der Waals surface area contributed by atoms with Gasteiger partial charge in [-0.25, -0.2) is 0 Å². The van der Waals surface area contributed by atoms with E-state index >= 15 is 0 Å². The van der Waals surface area contributed by atoms with Gasteiger partial charge in [0, 0.05) is 13.1 Å². The molecule has 0 aromatic heterocycles. The molecule has 0 aliphatic carbocycles. The van der Waals surface area contributed by atoms with E-state index in [9.17, 15) is 4.79 Å². The first-order valence-electron chi connectivity index (χ1n) is 8.38. The summed E-state index contributed by atoms with van der Waals surface area (Å²) < 4.78 is 5.15. The highest BCUT2D eigenvalue weighted by Crippen LogP contribution is 2.10. The summed E-state index contributed by atoms with van der Waals surface area (Å²) in [5, 5.41) is 20.9. The third kappa shape index (κ3) is 9.66. The van der Waals surface area contributed by atoms with E-state index in [0.717, 1.165) is 11.1 Å². The fourth-order valence-electron chi connectivity index (χ4n) is 1.93. The van der Waals surface area contributed by atoms with Gasteiger partial charge in [-0.05, 0) is 56.2 Å². The van der Waals surface area contributed by atoms with Crippen molar-refractivity contribution in [3.63, 3.8) is 0 Å². The van der Waals surface area contributed by atoms with Crippen molar-refractivity contribution in [3.8, 4) is 11.5 Å². The first-order valence-corrected chi connectivity index (χ1v) is 8.38. The van der Waals surface area contributed by atoms with Crippen molar-refractivity contribution in [1.29, 1.82) is 0 Å². The minimum absolute atomic E-state index is 0.179. The summed E-state index contributed by atoms with van der Waals surface area (Å²) in [6.45, 7) is 6.79. The van der Waals surface area contributed by atoms with Crippen molar-refractivity contribution < 1.29 is 19.7 Å². The largest absolute Gasteiger partial charge is 0.508 e. The van der Waals surface area contributed by atoms with Crippen molar-refractivity contribution in [2.45, 2.75) is 39.5 Å². The van der Waals surface area contributed by atoms with Gasteiger partial charge in [-0.15, -0.1) is 0 Å². The summed E-state index contributed by atoms with van der Waals surface area (Å²) >= 11 is 0. The molecule has 0 atom stereocenters. The number of nitrogens with two attached hydrogens (primary N) is 1. The fourth-order valence-corrected chi connectivity index (χ4v) is 1.93. The highest BCUT2D eigenvalue weighted by Gasteiger charge is 2.15. The molecule has 0 unspecified atom stereocenters. The Balaban J connectivity index is 0.000000314. The van der Waals surface area contributed by atoms with Gasteiger partial charge in [-0.1, -0.05) is 24.3 Å². The maximum atomic E-state index is 11.4. The van der Waals surface area contributed by atoms with Gasteiger partial charge in [-0.3, -0.25) is 4.79 Å². The highest BCUT2D eigenvalue weighted by atomic mass is 16.6. The van der Waals surface area contributed by atoms with Crippen LogP contribution in [0, 0.1) is 0 Å². The number of phenols is 2. The minimum atomic E-state index is -0.447. The number of hydrogen-bond donors (Lipinski definition) is 4. The Hall–Kier alpha value is -2.57.